The van der Waals surface area contributed by atoms with Crippen molar-refractivity contribution in [2.75, 3.05) is 40.2 Å². The van der Waals surface area contributed by atoms with E-state index in [4.69, 9.17) is 14.2 Å². The summed E-state index contributed by atoms with van der Waals surface area (Å²) in [6.45, 7) is 0.376. The lowest BCUT2D eigenvalue weighted by atomic mass is 10.1. The lowest BCUT2D eigenvalue weighted by Crippen LogP contribution is -2.37. The number of benzene rings is 1. The SMILES string of the molecule is COc1cc(NC(=O)CN(C)C2CCCCCC2)cc(OC)c1OC. The molecule has 0 aliphatic heterocycles. The van der Waals surface area contributed by atoms with Crippen LogP contribution in [0.4, 0.5) is 5.69 Å². The Bertz CT molecular complexity index is 544. The van der Waals surface area contributed by atoms with Crippen LogP contribution in [0.15, 0.2) is 12.1 Å². The standard InChI is InChI=1S/C19H30N2O4/c1-21(15-9-7-5-6-8-10-15)13-18(22)20-14-11-16(23-2)19(25-4)17(12-14)24-3/h11-12,15H,5-10,13H2,1-4H3,(H,20,22). The summed E-state index contributed by atoms with van der Waals surface area (Å²) in [6.07, 6.45) is 7.47. The molecule has 2 rings (SSSR count). The average molecular weight is 350 g/mol. The monoisotopic (exact) mass is 350 g/mol. The summed E-state index contributed by atoms with van der Waals surface area (Å²) in [6, 6.07) is 3.98. The van der Waals surface area contributed by atoms with E-state index in [1.807, 2.05) is 7.05 Å². The molecule has 1 amide bonds. The molecule has 1 fully saturated rings. The van der Waals surface area contributed by atoms with Crippen molar-refractivity contribution in [1.29, 1.82) is 0 Å². The molecule has 0 bridgehead atoms. The smallest absolute Gasteiger partial charge is 0.238 e. The second kappa shape index (κ2) is 9.51. The molecule has 0 spiro atoms. The molecule has 0 atom stereocenters. The Morgan fingerprint density at radius 1 is 1.04 bits per heavy atom. The van der Waals surface area contributed by atoms with Gasteiger partial charge in [-0.1, -0.05) is 25.7 Å². The van der Waals surface area contributed by atoms with Crippen LogP contribution in [-0.4, -0.2) is 51.8 Å². The lowest BCUT2D eigenvalue weighted by molar-refractivity contribution is -0.117. The third kappa shape index (κ3) is 5.26. The highest BCUT2D eigenvalue weighted by atomic mass is 16.5. The van der Waals surface area contributed by atoms with Gasteiger partial charge in [0.15, 0.2) is 11.5 Å². The Morgan fingerprint density at radius 2 is 1.60 bits per heavy atom. The Balaban J connectivity index is 2.01. The van der Waals surface area contributed by atoms with Gasteiger partial charge in [0.2, 0.25) is 11.7 Å². The van der Waals surface area contributed by atoms with E-state index in [1.54, 1.807) is 33.5 Å². The van der Waals surface area contributed by atoms with E-state index in [9.17, 15) is 4.79 Å². The van der Waals surface area contributed by atoms with Crippen LogP contribution in [0.5, 0.6) is 17.2 Å². The maximum atomic E-state index is 12.4. The highest BCUT2D eigenvalue weighted by Crippen LogP contribution is 2.39. The number of ether oxygens (including phenoxy) is 3. The summed E-state index contributed by atoms with van der Waals surface area (Å²) in [5.41, 5.74) is 0.633. The molecule has 0 aromatic heterocycles. The van der Waals surface area contributed by atoms with E-state index in [2.05, 4.69) is 10.2 Å². The first kappa shape index (κ1) is 19.4. The fourth-order valence-electron chi connectivity index (χ4n) is 3.41. The molecule has 0 radical (unpaired) electrons. The zero-order valence-corrected chi connectivity index (χ0v) is 15.8. The Kier molecular flexibility index (Phi) is 7.37. The van der Waals surface area contributed by atoms with Gasteiger partial charge < -0.3 is 19.5 Å². The van der Waals surface area contributed by atoms with Gasteiger partial charge in [-0.05, 0) is 19.9 Å². The zero-order chi connectivity index (χ0) is 18.2. The minimum absolute atomic E-state index is 0.0407. The molecule has 140 valence electrons. The molecule has 6 nitrogen and oxygen atoms in total. The number of anilines is 1. The van der Waals surface area contributed by atoms with E-state index in [-0.39, 0.29) is 5.91 Å². The summed E-state index contributed by atoms with van der Waals surface area (Å²) in [5, 5.41) is 2.93. The van der Waals surface area contributed by atoms with Crippen molar-refractivity contribution in [3.8, 4) is 17.2 Å². The molecule has 0 heterocycles. The van der Waals surface area contributed by atoms with Crippen LogP contribution in [0.3, 0.4) is 0 Å². The van der Waals surface area contributed by atoms with Gasteiger partial charge in [0.1, 0.15) is 0 Å². The number of likely N-dealkylation sites (N-methyl/N-ethyl adjacent to an activating group) is 1. The molecule has 1 N–H and O–H groups in total. The molecule has 1 aliphatic carbocycles. The normalized spacial score (nSPS) is 15.6. The van der Waals surface area contributed by atoms with E-state index in [1.165, 1.54) is 38.5 Å². The molecular weight excluding hydrogens is 320 g/mol. The van der Waals surface area contributed by atoms with Gasteiger partial charge in [-0.15, -0.1) is 0 Å². The Hall–Kier alpha value is -1.95. The first-order valence-electron chi connectivity index (χ1n) is 8.89. The summed E-state index contributed by atoms with van der Waals surface area (Å²) in [5.74, 6) is 1.52. The van der Waals surface area contributed by atoms with Gasteiger partial charge in [-0.25, -0.2) is 0 Å². The molecule has 1 saturated carbocycles. The first-order chi connectivity index (χ1) is 12.1. The number of nitrogens with zero attached hydrogens (tertiary/aromatic N) is 1. The highest BCUT2D eigenvalue weighted by molar-refractivity contribution is 5.93. The third-order valence-electron chi connectivity index (χ3n) is 4.79. The van der Waals surface area contributed by atoms with Crippen molar-refractivity contribution in [3.63, 3.8) is 0 Å². The van der Waals surface area contributed by atoms with Crippen molar-refractivity contribution < 1.29 is 19.0 Å². The van der Waals surface area contributed by atoms with Crippen LogP contribution >= 0.6 is 0 Å². The van der Waals surface area contributed by atoms with Crippen molar-refractivity contribution >= 4 is 11.6 Å². The van der Waals surface area contributed by atoms with Crippen molar-refractivity contribution in [3.05, 3.63) is 12.1 Å². The van der Waals surface area contributed by atoms with Crippen molar-refractivity contribution in [2.24, 2.45) is 0 Å². The Labute approximate surface area is 150 Å². The average Bonchev–Trinajstić information content (AvgIpc) is 2.90. The number of hydrogen-bond donors (Lipinski definition) is 1. The van der Waals surface area contributed by atoms with Crippen LogP contribution in [0.1, 0.15) is 38.5 Å². The predicted molar refractivity (Wildman–Crippen MR) is 98.8 cm³/mol. The number of amides is 1. The Morgan fingerprint density at radius 3 is 2.08 bits per heavy atom. The molecule has 1 aromatic carbocycles. The van der Waals surface area contributed by atoms with E-state index < -0.39 is 0 Å². The van der Waals surface area contributed by atoms with Crippen LogP contribution in [0.2, 0.25) is 0 Å². The van der Waals surface area contributed by atoms with Crippen LogP contribution < -0.4 is 19.5 Å². The quantitative estimate of drug-likeness (QED) is 0.765. The maximum Gasteiger partial charge on any atom is 0.238 e. The summed E-state index contributed by atoms with van der Waals surface area (Å²) in [7, 11) is 6.70. The molecule has 0 saturated heterocycles. The predicted octanol–water partition coefficient (Wildman–Crippen LogP) is 3.31. The molecule has 1 aromatic rings. The number of hydrogen-bond acceptors (Lipinski definition) is 5. The van der Waals surface area contributed by atoms with Crippen LogP contribution in [0.25, 0.3) is 0 Å². The minimum Gasteiger partial charge on any atom is -0.493 e. The molecule has 0 unspecified atom stereocenters. The van der Waals surface area contributed by atoms with Gasteiger partial charge in [0, 0.05) is 23.9 Å². The summed E-state index contributed by atoms with van der Waals surface area (Å²) < 4.78 is 16.0. The van der Waals surface area contributed by atoms with E-state index >= 15 is 0 Å². The topological polar surface area (TPSA) is 60.0 Å². The maximum absolute atomic E-state index is 12.4. The number of methoxy groups -OCH3 is 3. The van der Waals surface area contributed by atoms with Crippen molar-refractivity contribution in [1.82, 2.24) is 4.90 Å². The number of carbonyl (C=O) groups excluding carboxylic acids is 1. The summed E-state index contributed by atoms with van der Waals surface area (Å²) >= 11 is 0. The first-order valence-corrected chi connectivity index (χ1v) is 8.89. The zero-order valence-electron chi connectivity index (χ0n) is 15.8. The second-order valence-corrected chi connectivity index (χ2v) is 6.52. The highest BCUT2D eigenvalue weighted by Gasteiger charge is 2.20. The fourth-order valence-corrected chi connectivity index (χ4v) is 3.41. The second-order valence-electron chi connectivity index (χ2n) is 6.52. The minimum atomic E-state index is -0.0407. The summed E-state index contributed by atoms with van der Waals surface area (Å²) in [4.78, 5) is 14.6. The fraction of sp³-hybridized carbons (Fsp3) is 0.632. The van der Waals surface area contributed by atoms with Crippen molar-refractivity contribution in [2.45, 2.75) is 44.6 Å². The number of nitrogens with one attached hydrogen (secondary N) is 1. The molecular formula is C19H30N2O4. The van der Waals surface area contributed by atoms with Gasteiger partial charge >= 0.3 is 0 Å². The molecule has 25 heavy (non-hydrogen) atoms. The third-order valence-corrected chi connectivity index (χ3v) is 4.79. The number of carbonyl (C=O) groups is 1. The number of rotatable bonds is 7. The van der Waals surface area contributed by atoms with Gasteiger partial charge in [-0.2, -0.15) is 0 Å². The van der Waals surface area contributed by atoms with Gasteiger partial charge in [0.25, 0.3) is 0 Å². The van der Waals surface area contributed by atoms with Gasteiger partial charge in [-0.3, -0.25) is 9.69 Å². The van der Waals surface area contributed by atoms with Crippen LogP contribution in [0, 0.1) is 0 Å². The largest absolute Gasteiger partial charge is 0.493 e. The lowest BCUT2D eigenvalue weighted by Gasteiger charge is -2.26. The van der Waals surface area contributed by atoms with Crippen LogP contribution in [-0.2, 0) is 4.79 Å². The van der Waals surface area contributed by atoms with Gasteiger partial charge in [0.05, 0.1) is 27.9 Å². The van der Waals surface area contributed by atoms with E-state index in [0.29, 0.717) is 35.5 Å². The molecule has 1 aliphatic rings. The van der Waals surface area contributed by atoms with E-state index in [0.717, 1.165) is 0 Å². The molecule has 6 heteroatoms.